The normalized spacial score (nSPS) is 11.5. The molecule has 1 rings (SSSR count). The van der Waals surface area contributed by atoms with Crippen molar-refractivity contribution in [3.05, 3.63) is 16.5 Å². The monoisotopic (exact) mass is 245 g/mol. The Morgan fingerprint density at radius 2 is 2.15 bits per heavy atom. The van der Waals surface area contributed by atoms with Gasteiger partial charge >= 0.3 is 0 Å². The van der Waals surface area contributed by atoms with Crippen LogP contribution in [0.4, 0.5) is 0 Å². The molecule has 2 N–H and O–H groups in total. The Morgan fingerprint density at radius 3 is 2.62 bits per heavy atom. The third-order valence-electron chi connectivity index (χ3n) is 1.48. The lowest BCUT2D eigenvalue weighted by molar-refractivity contribution is 0.384. The smallest absolute Gasteiger partial charge is 0.231 e. The quantitative estimate of drug-likeness (QED) is 0.857. The minimum Gasteiger partial charge on any atom is -0.480 e. The number of hydrogen-bond donors (Lipinski definition) is 1. The van der Waals surface area contributed by atoms with Gasteiger partial charge in [-0.05, 0) is 29.8 Å². The van der Waals surface area contributed by atoms with Crippen LogP contribution in [0.15, 0.2) is 10.7 Å². The molecule has 4 nitrogen and oxygen atoms in total. The lowest BCUT2D eigenvalue weighted by atomic mass is 10.1. The number of aromatic nitrogens is 2. The van der Waals surface area contributed by atoms with Crippen molar-refractivity contribution in [2.45, 2.75) is 19.4 Å². The maximum absolute atomic E-state index is 5.83. The number of nitrogens with zero attached hydrogens (tertiary/aromatic N) is 2. The van der Waals surface area contributed by atoms with Gasteiger partial charge in [0.15, 0.2) is 5.82 Å². The van der Waals surface area contributed by atoms with Crippen molar-refractivity contribution in [1.29, 1.82) is 0 Å². The van der Waals surface area contributed by atoms with Crippen molar-refractivity contribution in [3.63, 3.8) is 0 Å². The molecule has 0 radical (unpaired) electrons. The Morgan fingerprint density at radius 1 is 1.54 bits per heavy atom. The van der Waals surface area contributed by atoms with Crippen molar-refractivity contribution in [2.75, 3.05) is 7.11 Å². The van der Waals surface area contributed by atoms with Crippen LogP contribution in [-0.2, 0) is 5.54 Å². The number of halogens is 1. The van der Waals surface area contributed by atoms with E-state index in [0.717, 1.165) is 4.47 Å². The van der Waals surface area contributed by atoms with Crippen LogP contribution < -0.4 is 10.5 Å². The van der Waals surface area contributed by atoms with Gasteiger partial charge in [0.05, 0.1) is 17.1 Å². The zero-order valence-corrected chi connectivity index (χ0v) is 9.42. The standard InChI is InChI=1S/C8H12BrN3O/c1-8(2,10)7-11-4-5(9)6(12-7)13-3/h4H,10H2,1-3H3. The van der Waals surface area contributed by atoms with Gasteiger partial charge < -0.3 is 10.5 Å². The summed E-state index contributed by atoms with van der Waals surface area (Å²) in [5, 5.41) is 0. The summed E-state index contributed by atoms with van der Waals surface area (Å²) in [6, 6.07) is 0. The summed E-state index contributed by atoms with van der Waals surface area (Å²) in [6.45, 7) is 3.69. The molecule has 13 heavy (non-hydrogen) atoms. The predicted molar refractivity (Wildman–Crippen MR) is 53.5 cm³/mol. The summed E-state index contributed by atoms with van der Waals surface area (Å²) in [7, 11) is 1.56. The molecule has 0 saturated carbocycles. The van der Waals surface area contributed by atoms with Crippen molar-refractivity contribution in [1.82, 2.24) is 9.97 Å². The number of ether oxygens (including phenoxy) is 1. The fourth-order valence-corrected chi connectivity index (χ4v) is 1.16. The fourth-order valence-electron chi connectivity index (χ4n) is 0.805. The molecule has 1 aromatic rings. The van der Waals surface area contributed by atoms with Gasteiger partial charge in [-0.15, -0.1) is 0 Å². The summed E-state index contributed by atoms with van der Waals surface area (Å²) in [5.41, 5.74) is 5.29. The van der Waals surface area contributed by atoms with E-state index >= 15 is 0 Å². The second kappa shape index (κ2) is 3.59. The van der Waals surface area contributed by atoms with Crippen molar-refractivity contribution in [2.24, 2.45) is 5.73 Å². The topological polar surface area (TPSA) is 61.0 Å². The van der Waals surface area contributed by atoms with Gasteiger partial charge in [0, 0.05) is 6.20 Å². The first kappa shape index (κ1) is 10.4. The molecule has 0 bridgehead atoms. The van der Waals surface area contributed by atoms with E-state index in [9.17, 15) is 0 Å². The van der Waals surface area contributed by atoms with E-state index in [4.69, 9.17) is 10.5 Å². The Bertz CT molecular complexity index is 309. The Labute approximate surface area is 85.7 Å². The second-order valence-electron chi connectivity index (χ2n) is 3.27. The maximum Gasteiger partial charge on any atom is 0.231 e. The molecule has 0 aliphatic heterocycles. The van der Waals surface area contributed by atoms with E-state index in [0.29, 0.717) is 11.7 Å². The van der Waals surface area contributed by atoms with E-state index in [-0.39, 0.29) is 0 Å². The lowest BCUT2D eigenvalue weighted by Crippen LogP contribution is -2.31. The number of rotatable bonds is 2. The van der Waals surface area contributed by atoms with Gasteiger partial charge in [0.25, 0.3) is 0 Å². The molecule has 1 aromatic heterocycles. The fraction of sp³-hybridized carbons (Fsp3) is 0.500. The summed E-state index contributed by atoms with van der Waals surface area (Å²) >= 11 is 3.27. The third-order valence-corrected chi connectivity index (χ3v) is 2.03. The average Bonchev–Trinajstić information content (AvgIpc) is 2.03. The Balaban J connectivity index is 3.14. The number of hydrogen-bond acceptors (Lipinski definition) is 4. The molecule has 0 saturated heterocycles. The first-order chi connectivity index (χ1) is 5.95. The van der Waals surface area contributed by atoms with Crippen LogP contribution in [0.3, 0.4) is 0 Å². The molecule has 5 heteroatoms. The molecule has 0 aromatic carbocycles. The van der Waals surface area contributed by atoms with E-state index in [1.54, 1.807) is 13.3 Å². The number of nitrogens with two attached hydrogens (primary N) is 1. The zero-order valence-electron chi connectivity index (χ0n) is 7.84. The minimum absolute atomic E-state index is 0.503. The number of methoxy groups -OCH3 is 1. The van der Waals surface area contributed by atoms with Crippen LogP contribution in [0.2, 0.25) is 0 Å². The SMILES string of the molecule is COc1nc(C(C)(C)N)ncc1Br. The molecule has 0 spiro atoms. The highest BCUT2D eigenvalue weighted by atomic mass is 79.9. The van der Waals surface area contributed by atoms with Crippen LogP contribution in [0.25, 0.3) is 0 Å². The molecule has 1 heterocycles. The van der Waals surface area contributed by atoms with Gasteiger partial charge in [0.2, 0.25) is 5.88 Å². The summed E-state index contributed by atoms with van der Waals surface area (Å²) in [6.07, 6.45) is 1.63. The highest BCUT2D eigenvalue weighted by Gasteiger charge is 2.19. The highest BCUT2D eigenvalue weighted by Crippen LogP contribution is 2.23. The maximum atomic E-state index is 5.83. The molecule has 0 aliphatic rings. The molecule has 0 unspecified atom stereocenters. The Hall–Kier alpha value is -0.680. The predicted octanol–water partition coefficient (Wildman–Crippen LogP) is 1.44. The zero-order chi connectivity index (χ0) is 10.1. The van der Waals surface area contributed by atoms with Crippen LogP contribution in [-0.4, -0.2) is 17.1 Å². The molecular weight excluding hydrogens is 234 g/mol. The second-order valence-corrected chi connectivity index (χ2v) is 4.13. The third kappa shape index (κ3) is 2.38. The van der Waals surface area contributed by atoms with E-state index in [1.807, 2.05) is 13.8 Å². The molecule has 0 atom stereocenters. The molecular formula is C8H12BrN3O. The van der Waals surface area contributed by atoms with Gasteiger partial charge in [-0.25, -0.2) is 4.98 Å². The average molecular weight is 246 g/mol. The van der Waals surface area contributed by atoms with Gasteiger partial charge in [-0.1, -0.05) is 0 Å². The van der Waals surface area contributed by atoms with E-state index in [2.05, 4.69) is 25.9 Å². The summed E-state index contributed by atoms with van der Waals surface area (Å²) in [4.78, 5) is 8.25. The van der Waals surface area contributed by atoms with Gasteiger partial charge in [-0.2, -0.15) is 4.98 Å². The molecule has 0 fully saturated rings. The van der Waals surface area contributed by atoms with Crippen LogP contribution in [0.1, 0.15) is 19.7 Å². The summed E-state index contributed by atoms with van der Waals surface area (Å²) < 4.78 is 5.75. The van der Waals surface area contributed by atoms with Crippen molar-refractivity contribution in [3.8, 4) is 5.88 Å². The van der Waals surface area contributed by atoms with Crippen LogP contribution >= 0.6 is 15.9 Å². The van der Waals surface area contributed by atoms with E-state index in [1.165, 1.54) is 0 Å². The molecule has 0 amide bonds. The lowest BCUT2D eigenvalue weighted by Gasteiger charge is -2.16. The highest BCUT2D eigenvalue weighted by molar-refractivity contribution is 9.10. The molecule has 0 aliphatic carbocycles. The van der Waals surface area contributed by atoms with Gasteiger partial charge in [0.1, 0.15) is 0 Å². The van der Waals surface area contributed by atoms with E-state index < -0.39 is 5.54 Å². The van der Waals surface area contributed by atoms with Crippen LogP contribution in [0.5, 0.6) is 5.88 Å². The minimum atomic E-state index is -0.548. The largest absolute Gasteiger partial charge is 0.480 e. The van der Waals surface area contributed by atoms with Crippen LogP contribution in [0, 0.1) is 0 Å². The van der Waals surface area contributed by atoms with Crippen molar-refractivity contribution < 1.29 is 4.74 Å². The van der Waals surface area contributed by atoms with Gasteiger partial charge in [-0.3, -0.25) is 0 Å². The van der Waals surface area contributed by atoms with Crippen molar-refractivity contribution >= 4 is 15.9 Å². The molecule has 72 valence electrons. The first-order valence-electron chi connectivity index (χ1n) is 3.81. The Kier molecular flexibility index (Phi) is 2.87. The summed E-state index contributed by atoms with van der Waals surface area (Å²) in [5.74, 6) is 1.07. The first-order valence-corrected chi connectivity index (χ1v) is 4.60.